The van der Waals surface area contributed by atoms with E-state index in [1.54, 1.807) is 11.8 Å². The van der Waals surface area contributed by atoms with Crippen LogP contribution in [0.2, 0.25) is 0 Å². The van der Waals surface area contributed by atoms with E-state index in [1.165, 1.54) is 10.5 Å². The topological polar surface area (TPSA) is 30.0 Å². The number of carbonyl (C=O) groups is 1. The maximum Gasteiger partial charge on any atom is 0.151 e. The van der Waals surface area contributed by atoms with Gasteiger partial charge in [-0.15, -0.1) is 0 Å². The first-order chi connectivity index (χ1) is 8.60. The van der Waals surface area contributed by atoms with Gasteiger partial charge in [0.15, 0.2) is 6.29 Å². The van der Waals surface area contributed by atoms with Crippen molar-refractivity contribution in [1.29, 1.82) is 0 Å². The fraction of sp³-hybridized carbons (Fsp3) is 0.143. The Labute approximate surface area is 119 Å². The van der Waals surface area contributed by atoms with Gasteiger partial charge in [0, 0.05) is 20.6 Å². The predicted molar refractivity (Wildman–Crippen MR) is 77.4 cm³/mol. The zero-order chi connectivity index (χ0) is 13.1. The first kappa shape index (κ1) is 13.3. The number of pyridine rings is 1. The maximum atomic E-state index is 10.7. The highest BCUT2D eigenvalue weighted by Crippen LogP contribution is 2.30. The molecule has 0 aliphatic carbocycles. The Balaban J connectivity index is 2.28. The third-order valence-electron chi connectivity index (χ3n) is 2.58. The second-order valence-electron chi connectivity index (χ2n) is 3.95. The van der Waals surface area contributed by atoms with Crippen molar-refractivity contribution in [2.24, 2.45) is 0 Å². The van der Waals surface area contributed by atoms with Gasteiger partial charge >= 0.3 is 0 Å². The fourth-order valence-corrected chi connectivity index (χ4v) is 2.95. The van der Waals surface area contributed by atoms with Gasteiger partial charge in [-0.3, -0.25) is 4.79 Å². The Morgan fingerprint density at radius 1 is 1.22 bits per heavy atom. The van der Waals surface area contributed by atoms with E-state index in [0.29, 0.717) is 5.56 Å². The van der Waals surface area contributed by atoms with Crippen LogP contribution in [0, 0.1) is 13.8 Å². The molecule has 0 atom stereocenters. The summed E-state index contributed by atoms with van der Waals surface area (Å²) in [7, 11) is 0. The van der Waals surface area contributed by atoms with Crippen LogP contribution in [0.1, 0.15) is 21.6 Å². The smallest absolute Gasteiger partial charge is 0.151 e. The van der Waals surface area contributed by atoms with Crippen LogP contribution in [0.5, 0.6) is 0 Å². The van der Waals surface area contributed by atoms with E-state index in [9.17, 15) is 4.79 Å². The van der Waals surface area contributed by atoms with Crippen molar-refractivity contribution in [3.05, 3.63) is 51.6 Å². The summed E-state index contributed by atoms with van der Waals surface area (Å²) >= 11 is 5.06. The number of rotatable bonds is 3. The molecule has 0 amide bonds. The minimum absolute atomic E-state index is 0.645. The summed E-state index contributed by atoms with van der Waals surface area (Å²) in [5.41, 5.74) is 2.62. The van der Waals surface area contributed by atoms with Crippen LogP contribution in [-0.4, -0.2) is 11.3 Å². The van der Waals surface area contributed by atoms with E-state index in [-0.39, 0.29) is 0 Å². The minimum Gasteiger partial charge on any atom is -0.298 e. The number of aldehydes is 1. The van der Waals surface area contributed by atoms with Gasteiger partial charge in [-0.2, -0.15) is 0 Å². The summed E-state index contributed by atoms with van der Waals surface area (Å²) in [5.74, 6) is 0. The lowest BCUT2D eigenvalue weighted by atomic mass is 10.2. The molecule has 0 aliphatic rings. The molecule has 2 nitrogen and oxygen atoms in total. The van der Waals surface area contributed by atoms with E-state index >= 15 is 0 Å². The van der Waals surface area contributed by atoms with Crippen molar-refractivity contribution in [2.45, 2.75) is 23.8 Å². The lowest BCUT2D eigenvalue weighted by Gasteiger charge is -2.06. The Morgan fingerprint density at radius 2 is 2.00 bits per heavy atom. The molecule has 0 fully saturated rings. The van der Waals surface area contributed by atoms with Gasteiger partial charge in [-0.05, 0) is 49.7 Å². The van der Waals surface area contributed by atoms with Gasteiger partial charge in [-0.1, -0.05) is 27.7 Å². The summed E-state index contributed by atoms with van der Waals surface area (Å²) in [6, 6.07) is 9.85. The highest BCUT2D eigenvalue weighted by molar-refractivity contribution is 9.10. The standard InChI is InChI=1S/C14H12BrNOS/c1-9-7-12(15)4-5-13(9)18-14-6-3-11(8-17)10(2)16-14/h3-8H,1-2H3. The maximum absolute atomic E-state index is 10.7. The van der Waals surface area contributed by atoms with Crippen molar-refractivity contribution >= 4 is 34.0 Å². The van der Waals surface area contributed by atoms with Crippen LogP contribution in [0.3, 0.4) is 0 Å². The first-order valence-electron chi connectivity index (χ1n) is 5.47. The zero-order valence-corrected chi connectivity index (χ0v) is 12.5. The summed E-state index contributed by atoms with van der Waals surface area (Å²) < 4.78 is 1.07. The number of hydrogen-bond acceptors (Lipinski definition) is 3. The molecular weight excluding hydrogens is 310 g/mol. The van der Waals surface area contributed by atoms with E-state index in [4.69, 9.17) is 0 Å². The van der Waals surface area contributed by atoms with E-state index in [2.05, 4.69) is 40.0 Å². The molecule has 1 aromatic carbocycles. The first-order valence-corrected chi connectivity index (χ1v) is 7.08. The molecule has 0 spiro atoms. The normalized spacial score (nSPS) is 10.4. The molecular formula is C14H12BrNOS. The number of nitrogens with zero attached hydrogens (tertiary/aromatic N) is 1. The van der Waals surface area contributed by atoms with Crippen molar-refractivity contribution in [1.82, 2.24) is 4.98 Å². The average Bonchev–Trinajstić information content (AvgIpc) is 2.33. The molecule has 2 aromatic rings. The third-order valence-corrected chi connectivity index (χ3v) is 4.19. The second kappa shape index (κ2) is 5.67. The Hall–Kier alpha value is -1.13. The quantitative estimate of drug-likeness (QED) is 0.783. The zero-order valence-electron chi connectivity index (χ0n) is 10.1. The molecule has 0 N–H and O–H groups in total. The van der Waals surface area contributed by atoms with Crippen molar-refractivity contribution in [2.75, 3.05) is 0 Å². The number of benzene rings is 1. The van der Waals surface area contributed by atoms with Crippen LogP contribution in [0.15, 0.2) is 44.7 Å². The van der Waals surface area contributed by atoms with Gasteiger partial charge < -0.3 is 0 Å². The number of carbonyl (C=O) groups excluding carboxylic acids is 1. The van der Waals surface area contributed by atoms with Crippen molar-refractivity contribution < 1.29 is 4.79 Å². The highest BCUT2D eigenvalue weighted by atomic mass is 79.9. The van der Waals surface area contributed by atoms with Crippen LogP contribution >= 0.6 is 27.7 Å². The number of hydrogen-bond donors (Lipinski definition) is 0. The average molecular weight is 322 g/mol. The SMILES string of the molecule is Cc1cc(Br)ccc1Sc1ccc(C=O)c(C)n1. The van der Waals surface area contributed by atoms with Gasteiger partial charge in [0.05, 0.1) is 0 Å². The molecule has 0 unspecified atom stereocenters. The molecule has 18 heavy (non-hydrogen) atoms. The fourth-order valence-electron chi connectivity index (χ4n) is 1.57. The van der Waals surface area contributed by atoms with E-state index in [1.807, 2.05) is 25.1 Å². The number of aryl methyl sites for hydroxylation is 2. The molecule has 4 heteroatoms. The number of aromatic nitrogens is 1. The summed E-state index contributed by atoms with van der Waals surface area (Å²) in [5, 5.41) is 0.906. The lowest BCUT2D eigenvalue weighted by molar-refractivity contribution is 0.112. The molecule has 2 rings (SSSR count). The highest BCUT2D eigenvalue weighted by Gasteiger charge is 2.05. The van der Waals surface area contributed by atoms with Crippen LogP contribution < -0.4 is 0 Å². The third kappa shape index (κ3) is 3.00. The predicted octanol–water partition coefficient (Wildman–Crippen LogP) is 4.42. The minimum atomic E-state index is 0.645. The molecule has 0 saturated heterocycles. The van der Waals surface area contributed by atoms with E-state index < -0.39 is 0 Å². The summed E-state index contributed by atoms with van der Waals surface area (Å²) in [4.78, 5) is 16.3. The van der Waals surface area contributed by atoms with Crippen molar-refractivity contribution in [3.8, 4) is 0 Å². The monoisotopic (exact) mass is 321 g/mol. The van der Waals surface area contributed by atoms with Gasteiger partial charge in [0.2, 0.25) is 0 Å². The van der Waals surface area contributed by atoms with Gasteiger partial charge in [0.25, 0.3) is 0 Å². The molecule has 1 heterocycles. The van der Waals surface area contributed by atoms with Crippen LogP contribution in [0.4, 0.5) is 0 Å². The Morgan fingerprint density at radius 3 is 2.61 bits per heavy atom. The molecule has 0 bridgehead atoms. The summed E-state index contributed by atoms with van der Waals surface area (Å²) in [6.45, 7) is 3.92. The molecule has 0 aliphatic heterocycles. The molecule has 1 aromatic heterocycles. The largest absolute Gasteiger partial charge is 0.298 e. The number of halogens is 1. The van der Waals surface area contributed by atoms with Crippen molar-refractivity contribution in [3.63, 3.8) is 0 Å². The second-order valence-corrected chi connectivity index (χ2v) is 5.93. The van der Waals surface area contributed by atoms with Crippen LogP contribution in [-0.2, 0) is 0 Å². The Kier molecular flexibility index (Phi) is 4.19. The summed E-state index contributed by atoms with van der Waals surface area (Å²) in [6.07, 6.45) is 0.835. The molecule has 92 valence electrons. The Bertz CT molecular complexity index is 598. The van der Waals surface area contributed by atoms with Crippen LogP contribution in [0.25, 0.3) is 0 Å². The molecule has 0 radical (unpaired) electrons. The van der Waals surface area contributed by atoms with Gasteiger partial charge in [0.1, 0.15) is 5.03 Å². The lowest BCUT2D eigenvalue weighted by Crippen LogP contribution is -1.92. The van der Waals surface area contributed by atoms with E-state index in [0.717, 1.165) is 21.5 Å². The molecule has 0 saturated carbocycles. The van der Waals surface area contributed by atoms with Gasteiger partial charge in [-0.25, -0.2) is 4.98 Å².